The molecule has 1 aromatic heterocycles. The molecule has 0 aliphatic heterocycles. The second-order valence-electron chi connectivity index (χ2n) is 5.12. The van der Waals surface area contributed by atoms with Gasteiger partial charge in [-0.25, -0.2) is 4.98 Å². The van der Waals surface area contributed by atoms with E-state index >= 15 is 0 Å². The third kappa shape index (κ3) is 4.51. The van der Waals surface area contributed by atoms with E-state index in [1.807, 2.05) is 24.3 Å². The first-order valence-electron chi connectivity index (χ1n) is 7.27. The fourth-order valence-corrected chi connectivity index (χ4v) is 2.86. The molecular formula is C18H12BrCl2N3O. The van der Waals surface area contributed by atoms with Crippen molar-refractivity contribution in [3.63, 3.8) is 0 Å². The summed E-state index contributed by atoms with van der Waals surface area (Å²) in [5.41, 5.74) is 1.78. The molecule has 1 amide bonds. The maximum absolute atomic E-state index is 12.6. The van der Waals surface area contributed by atoms with Crippen molar-refractivity contribution in [2.75, 3.05) is 10.6 Å². The Morgan fingerprint density at radius 3 is 2.56 bits per heavy atom. The number of nitrogens with one attached hydrogen (secondary N) is 2. The molecule has 0 bridgehead atoms. The number of rotatable bonds is 4. The van der Waals surface area contributed by atoms with Crippen LogP contribution in [0.15, 0.2) is 65.3 Å². The number of pyridine rings is 1. The molecule has 3 rings (SSSR count). The molecule has 4 nitrogen and oxygen atoms in total. The minimum Gasteiger partial charge on any atom is -0.340 e. The Labute approximate surface area is 163 Å². The number of benzene rings is 2. The molecule has 126 valence electrons. The predicted molar refractivity (Wildman–Crippen MR) is 106 cm³/mol. The molecule has 25 heavy (non-hydrogen) atoms. The number of carbonyl (C=O) groups excluding carboxylic acids is 1. The van der Waals surface area contributed by atoms with E-state index in [1.165, 1.54) is 0 Å². The Morgan fingerprint density at radius 1 is 0.960 bits per heavy atom. The first kappa shape index (κ1) is 17.7. The number of amides is 1. The van der Waals surface area contributed by atoms with Gasteiger partial charge in [0.2, 0.25) is 0 Å². The highest BCUT2D eigenvalue weighted by molar-refractivity contribution is 9.10. The van der Waals surface area contributed by atoms with E-state index in [0.29, 0.717) is 32.8 Å². The van der Waals surface area contributed by atoms with Gasteiger partial charge in [-0.05, 0) is 48.5 Å². The zero-order valence-electron chi connectivity index (χ0n) is 12.8. The third-order valence-corrected chi connectivity index (χ3v) is 4.55. The van der Waals surface area contributed by atoms with Crippen LogP contribution in [0.4, 0.5) is 17.2 Å². The average molecular weight is 437 g/mol. The Hall–Kier alpha value is -2.08. The van der Waals surface area contributed by atoms with E-state index < -0.39 is 0 Å². The quantitative estimate of drug-likeness (QED) is 0.515. The van der Waals surface area contributed by atoms with Crippen molar-refractivity contribution >= 4 is 62.2 Å². The standard InChI is InChI=1S/C18H12BrCl2N3O/c19-11-3-1-4-12(9-11)24-18(25)14-5-2-8-22-17(14)23-13-6-7-15(20)16(21)10-13/h1-10H,(H,22,23)(H,24,25). The van der Waals surface area contributed by atoms with Gasteiger partial charge in [0.05, 0.1) is 15.6 Å². The number of aromatic nitrogens is 1. The molecule has 2 aromatic carbocycles. The molecule has 0 radical (unpaired) electrons. The zero-order chi connectivity index (χ0) is 17.8. The topological polar surface area (TPSA) is 54.0 Å². The fraction of sp³-hybridized carbons (Fsp3) is 0. The number of hydrogen-bond donors (Lipinski definition) is 2. The molecule has 0 aliphatic rings. The van der Waals surface area contributed by atoms with Gasteiger partial charge in [-0.2, -0.15) is 0 Å². The van der Waals surface area contributed by atoms with Crippen LogP contribution in [0.25, 0.3) is 0 Å². The summed E-state index contributed by atoms with van der Waals surface area (Å²) >= 11 is 15.3. The Balaban J connectivity index is 1.85. The maximum atomic E-state index is 12.6. The first-order valence-corrected chi connectivity index (χ1v) is 8.82. The van der Waals surface area contributed by atoms with Gasteiger partial charge in [0.1, 0.15) is 5.82 Å². The van der Waals surface area contributed by atoms with Crippen LogP contribution in [-0.2, 0) is 0 Å². The van der Waals surface area contributed by atoms with E-state index in [9.17, 15) is 4.79 Å². The Kier molecular flexibility index (Phi) is 5.58. The van der Waals surface area contributed by atoms with Crippen LogP contribution in [0, 0.1) is 0 Å². The van der Waals surface area contributed by atoms with Crippen molar-refractivity contribution < 1.29 is 4.79 Å². The van der Waals surface area contributed by atoms with Crippen LogP contribution < -0.4 is 10.6 Å². The number of hydrogen-bond acceptors (Lipinski definition) is 3. The summed E-state index contributed by atoms with van der Waals surface area (Å²) in [5, 5.41) is 6.82. The second kappa shape index (κ2) is 7.87. The maximum Gasteiger partial charge on any atom is 0.259 e. The van der Waals surface area contributed by atoms with Crippen LogP contribution >= 0.6 is 39.1 Å². The van der Waals surface area contributed by atoms with Crippen LogP contribution in [0.1, 0.15) is 10.4 Å². The van der Waals surface area contributed by atoms with Crippen molar-refractivity contribution in [3.8, 4) is 0 Å². The fourth-order valence-electron chi connectivity index (χ4n) is 2.16. The molecular weight excluding hydrogens is 425 g/mol. The lowest BCUT2D eigenvalue weighted by atomic mass is 10.2. The molecule has 0 unspecified atom stereocenters. The van der Waals surface area contributed by atoms with Crippen LogP contribution in [0.5, 0.6) is 0 Å². The smallest absolute Gasteiger partial charge is 0.259 e. The lowest BCUT2D eigenvalue weighted by molar-refractivity contribution is 0.102. The lowest BCUT2D eigenvalue weighted by Gasteiger charge is -2.12. The predicted octanol–water partition coefficient (Wildman–Crippen LogP) is 6.15. The normalized spacial score (nSPS) is 10.4. The lowest BCUT2D eigenvalue weighted by Crippen LogP contribution is -2.14. The van der Waals surface area contributed by atoms with Crippen molar-refractivity contribution in [2.45, 2.75) is 0 Å². The highest BCUT2D eigenvalue weighted by atomic mass is 79.9. The summed E-state index contributed by atoms with van der Waals surface area (Å²) in [6.45, 7) is 0. The number of anilines is 3. The minimum atomic E-state index is -0.270. The second-order valence-corrected chi connectivity index (χ2v) is 6.85. The van der Waals surface area contributed by atoms with Crippen molar-refractivity contribution in [2.24, 2.45) is 0 Å². The monoisotopic (exact) mass is 435 g/mol. The first-order chi connectivity index (χ1) is 12.0. The molecule has 0 spiro atoms. The molecule has 3 aromatic rings. The third-order valence-electron chi connectivity index (χ3n) is 3.32. The van der Waals surface area contributed by atoms with E-state index in [4.69, 9.17) is 23.2 Å². The summed E-state index contributed by atoms with van der Waals surface area (Å²) in [7, 11) is 0. The van der Waals surface area contributed by atoms with Gasteiger partial charge in [0, 0.05) is 22.0 Å². The van der Waals surface area contributed by atoms with Gasteiger partial charge >= 0.3 is 0 Å². The minimum absolute atomic E-state index is 0.270. The SMILES string of the molecule is O=C(Nc1cccc(Br)c1)c1cccnc1Nc1ccc(Cl)c(Cl)c1. The van der Waals surface area contributed by atoms with Crippen molar-refractivity contribution in [3.05, 3.63) is 80.9 Å². The number of halogens is 3. The van der Waals surface area contributed by atoms with Gasteiger partial charge in [-0.1, -0.05) is 45.2 Å². The summed E-state index contributed by atoms with van der Waals surface area (Å²) in [5.74, 6) is 0.155. The Morgan fingerprint density at radius 2 is 1.80 bits per heavy atom. The molecule has 0 aliphatic carbocycles. The van der Waals surface area contributed by atoms with Gasteiger partial charge in [0.15, 0.2) is 0 Å². The molecule has 0 saturated heterocycles. The highest BCUT2D eigenvalue weighted by Gasteiger charge is 2.13. The van der Waals surface area contributed by atoms with Crippen LogP contribution in [-0.4, -0.2) is 10.9 Å². The summed E-state index contributed by atoms with van der Waals surface area (Å²) in [6, 6.07) is 15.9. The molecule has 0 fully saturated rings. The molecule has 7 heteroatoms. The van der Waals surface area contributed by atoms with Crippen LogP contribution in [0.2, 0.25) is 10.0 Å². The largest absolute Gasteiger partial charge is 0.340 e. The summed E-state index contributed by atoms with van der Waals surface area (Å²) in [4.78, 5) is 16.9. The Bertz CT molecular complexity index is 934. The van der Waals surface area contributed by atoms with Crippen molar-refractivity contribution in [1.82, 2.24) is 4.98 Å². The molecule has 2 N–H and O–H groups in total. The van der Waals surface area contributed by atoms with E-state index in [1.54, 1.807) is 36.5 Å². The number of carbonyl (C=O) groups is 1. The van der Waals surface area contributed by atoms with Gasteiger partial charge in [-0.15, -0.1) is 0 Å². The summed E-state index contributed by atoms with van der Waals surface area (Å²) < 4.78 is 0.880. The van der Waals surface area contributed by atoms with E-state index in [-0.39, 0.29) is 5.91 Å². The van der Waals surface area contributed by atoms with Gasteiger partial charge in [0.25, 0.3) is 5.91 Å². The van der Waals surface area contributed by atoms with Gasteiger partial charge in [-0.3, -0.25) is 4.79 Å². The van der Waals surface area contributed by atoms with E-state index in [0.717, 1.165) is 4.47 Å². The molecule has 1 heterocycles. The average Bonchev–Trinajstić information content (AvgIpc) is 2.58. The van der Waals surface area contributed by atoms with Crippen LogP contribution in [0.3, 0.4) is 0 Å². The van der Waals surface area contributed by atoms with Gasteiger partial charge < -0.3 is 10.6 Å². The van der Waals surface area contributed by atoms with Crippen molar-refractivity contribution in [1.29, 1.82) is 0 Å². The number of nitrogens with zero attached hydrogens (tertiary/aromatic N) is 1. The summed E-state index contributed by atoms with van der Waals surface area (Å²) in [6.07, 6.45) is 1.61. The molecule has 0 atom stereocenters. The van der Waals surface area contributed by atoms with E-state index in [2.05, 4.69) is 31.5 Å². The zero-order valence-corrected chi connectivity index (χ0v) is 15.9. The highest BCUT2D eigenvalue weighted by Crippen LogP contribution is 2.27. The molecule has 0 saturated carbocycles.